The molecule has 0 amide bonds. The second-order valence-corrected chi connectivity index (χ2v) is 3.09. The van der Waals surface area contributed by atoms with Crippen LogP contribution in [0.3, 0.4) is 0 Å². The SMILES string of the molecule is CC.CC.CCC.O=C(O)CCc1ccccc1. The van der Waals surface area contributed by atoms with Crippen LogP contribution in [0, 0.1) is 0 Å². The maximum absolute atomic E-state index is 10.2. The minimum absolute atomic E-state index is 0.212. The van der Waals surface area contributed by atoms with Gasteiger partial charge in [-0.2, -0.15) is 0 Å². The monoisotopic (exact) mass is 254 g/mol. The highest BCUT2D eigenvalue weighted by molar-refractivity contribution is 5.67. The molecule has 106 valence electrons. The van der Waals surface area contributed by atoms with Crippen LogP contribution in [0.15, 0.2) is 30.3 Å². The summed E-state index contributed by atoms with van der Waals surface area (Å²) >= 11 is 0. The number of aliphatic carboxylic acids is 1. The normalized spacial score (nSPS) is 7.44. The smallest absolute Gasteiger partial charge is 0.303 e. The van der Waals surface area contributed by atoms with E-state index < -0.39 is 5.97 Å². The molecule has 1 N–H and O–H groups in total. The number of hydrogen-bond donors (Lipinski definition) is 1. The van der Waals surface area contributed by atoms with E-state index in [-0.39, 0.29) is 6.42 Å². The Bertz CT molecular complexity index is 243. The van der Waals surface area contributed by atoms with Gasteiger partial charge in [-0.15, -0.1) is 0 Å². The second-order valence-electron chi connectivity index (χ2n) is 3.09. The molecule has 0 aliphatic heterocycles. The zero-order valence-electron chi connectivity index (χ0n) is 12.9. The van der Waals surface area contributed by atoms with Gasteiger partial charge in [0.2, 0.25) is 0 Å². The lowest BCUT2D eigenvalue weighted by Gasteiger charge is -1.95. The maximum Gasteiger partial charge on any atom is 0.303 e. The zero-order chi connectivity index (χ0) is 14.8. The Morgan fingerprint density at radius 2 is 1.39 bits per heavy atom. The summed E-state index contributed by atoms with van der Waals surface area (Å²) in [7, 11) is 0. The molecular formula is C16H30O2. The van der Waals surface area contributed by atoms with Crippen molar-refractivity contribution in [3.63, 3.8) is 0 Å². The number of rotatable bonds is 3. The Kier molecular flexibility index (Phi) is 25.6. The van der Waals surface area contributed by atoms with Crippen molar-refractivity contribution in [2.75, 3.05) is 0 Å². The van der Waals surface area contributed by atoms with Crippen molar-refractivity contribution in [2.45, 2.75) is 60.8 Å². The molecule has 1 aromatic carbocycles. The van der Waals surface area contributed by atoms with E-state index in [1.807, 2.05) is 58.0 Å². The highest BCUT2D eigenvalue weighted by Gasteiger charge is 1.96. The van der Waals surface area contributed by atoms with Crippen LogP contribution in [0.1, 0.15) is 59.9 Å². The van der Waals surface area contributed by atoms with Crippen molar-refractivity contribution in [2.24, 2.45) is 0 Å². The van der Waals surface area contributed by atoms with Crippen molar-refractivity contribution < 1.29 is 9.90 Å². The predicted octanol–water partition coefficient (Wildman–Crippen LogP) is 5.17. The van der Waals surface area contributed by atoms with Crippen LogP contribution in [-0.4, -0.2) is 11.1 Å². The van der Waals surface area contributed by atoms with E-state index in [0.29, 0.717) is 6.42 Å². The minimum atomic E-state index is -0.742. The molecule has 0 unspecified atom stereocenters. The van der Waals surface area contributed by atoms with Gasteiger partial charge in [0.1, 0.15) is 0 Å². The molecule has 0 aromatic heterocycles. The first-order valence-corrected chi connectivity index (χ1v) is 6.96. The van der Waals surface area contributed by atoms with E-state index in [4.69, 9.17) is 5.11 Å². The molecule has 0 spiro atoms. The van der Waals surface area contributed by atoms with Crippen LogP contribution in [0.2, 0.25) is 0 Å². The molecule has 0 saturated heterocycles. The lowest BCUT2D eigenvalue weighted by atomic mass is 10.1. The van der Waals surface area contributed by atoms with Gasteiger partial charge < -0.3 is 5.11 Å². The standard InChI is InChI=1S/C9H10O2.C3H8.2C2H6/c10-9(11)7-6-8-4-2-1-3-5-8;1-3-2;2*1-2/h1-5H,6-7H2,(H,10,11);3H2,1-2H3;2*1-2H3. The van der Waals surface area contributed by atoms with E-state index in [2.05, 4.69) is 13.8 Å². The van der Waals surface area contributed by atoms with E-state index in [1.54, 1.807) is 0 Å². The van der Waals surface area contributed by atoms with Gasteiger partial charge in [0.05, 0.1) is 0 Å². The maximum atomic E-state index is 10.2. The zero-order valence-corrected chi connectivity index (χ0v) is 12.9. The third-order valence-electron chi connectivity index (χ3n) is 1.47. The molecule has 0 fully saturated rings. The second kappa shape index (κ2) is 21.0. The number of carbonyl (C=O) groups is 1. The molecule has 0 aliphatic carbocycles. The van der Waals surface area contributed by atoms with E-state index in [0.717, 1.165) is 5.56 Å². The first-order chi connectivity index (χ1) is 8.70. The molecule has 2 heteroatoms. The number of carboxylic acid groups (broad SMARTS) is 1. The minimum Gasteiger partial charge on any atom is -0.481 e. The van der Waals surface area contributed by atoms with Crippen LogP contribution in [0.4, 0.5) is 0 Å². The molecule has 0 bridgehead atoms. The summed E-state index contributed by atoms with van der Waals surface area (Å²) in [4.78, 5) is 10.2. The largest absolute Gasteiger partial charge is 0.481 e. The molecule has 18 heavy (non-hydrogen) atoms. The summed E-state index contributed by atoms with van der Waals surface area (Å²) in [5, 5.41) is 8.37. The van der Waals surface area contributed by atoms with Crippen LogP contribution in [0.5, 0.6) is 0 Å². The molecule has 2 nitrogen and oxygen atoms in total. The topological polar surface area (TPSA) is 37.3 Å². The molecular weight excluding hydrogens is 224 g/mol. The van der Waals surface area contributed by atoms with E-state index in [9.17, 15) is 4.79 Å². The number of benzene rings is 1. The van der Waals surface area contributed by atoms with E-state index >= 15 is 0 Å². The Morgan fingerprint density at radius 1 is 1.00 bits per heavy atom. The van der Waals surface area contributed by atoms with Gasteiger partial charge in [0.25, 0.3) is 0 Å². The summed E-state index contributed by atoms with van der Waals surface area (Å²) in [6.45, 7) is 12.2. The first kappa shape index (κ1) is 21.9. The van der Waals surface area contributed by atoms with Gasteiger partial charge in [-0.25, -0.2) is 0 Å². The van der Waals surface area contributed by atoms with Gasteiger partial charge in [-0.05, 0) is 12.0 Å². The molecule has 0 heterocycles. The molecule has 0 atom stereocenters. The lowest BCUT2D eigenvalue weighted by Crippen LogP contribution is -1.96. The third-order valence-corrected chi connectivity index (χ3v) is 1.47. The van der Waals surface area contributed by atoms with Crippen LogP contribution in [-0.2, 0) is 11.2 Å². The predicted molar refractivity (Wildman–Crippen MR) is 81.1 cm³/mol. The van der Waals surface area contributed by atoms with Crippen molar-refractivity contribution in [1.29, 1.82) is 0 Å². The molecule has 0 saturated carbocycles. The van der Waals surface area contributed by atoms with Gasteiger partial charge >= 0.3 is 5.97 Å². The Balaban J connectivity index is -0.000000274. The van der Waals surface area contributed by atoms with Crippen molar-refractivity contribution >= 4 is 5.97 Å². The fraction of sp³-hybridized carbons (Fsp3) is 0.562. The number of aryl methyl sites for hydroxylation is 1. The fourth-order valence-electron chi connectivity index (χ4n) is 0.896. The molecule has 0 aliphatic rings. The van der Waals surface area contributed by atoms with E-state index in [1.165, 1.54) is 6.42 Å². The number of hydrogen-bond acceptors (Lipinski definition) is 1. The fourth-order valence-corrected chi connectivity index (χ4v) is 0.896. The summed E-state index contributed by atoms with van der Waals surface area (Å²) in [5.74, 6) is -0.742. The Labute approximate surface area is 113 Å². The summed E-state index contributed by atoms with van der Waals surface area (Å²) in [6.07, 6.45) is 2.08. The quantitative estimate of drug-likeness (QED) is 0.807. The summed E-state index contributed by atoms with van der Waals surface area (Å²) in [6, 6.07) is 9.62. The highest BCUT2D eigenvalue weighted by Crippen LogP contribution is 2.01. The average Bonchev–Trinajstić information content (AvgIpc) is 2.43. The van der Waals surface area contributed by atoms with Crippen LogP contribution >= 0.6 is 0 Å². The Hall–Kier alpha value is -1.31. The highest BCUT2D eigenvalue weighted by atomic mass is 16.4. The first-order valence-electron chi connectivity index (χ1n) is 6.96. The Morgan fingerprint density at radius 3 is 1.72 bits per heavy atom. The average molecular weight is 254 g/mol. The van der Waals surface area contributed by atoms with Crippen molar-refractivity contribution in [1.82, 2.24) is 0 Å². The summed E-state index contributed by atoms with van der Waals surface area (Å²) < 4.78 is 0. The molecule has 1 aromatic rings. The van der Waals surface area contributed by atoms with Crippen molar-refractivity contribution in [3.8, 4) is 0 Å². The van der Waals surface area contributed by atoms with Crippen molar-refractivity contribution in [3.05, 3.63) is 35.9 Å². The summed E-state index contributed by atoms with van der Waals surface area (Å²) in [5.41, 5.74) is 1.08. The van der Waals surface area contributed by atoms with Gasteiger partial charge in [0.15, 0.2) is 0 Å². The van der Waals surface area contributed by atoms with Gasteiger partial charge in [-0.1, -0.05) is 78.3 Å². The molecule has 0 radical (unpaired) electrons. The lowest BCUT2D eigenvalue weighted by molar-refractivity contribution is -0.136. The third kappa shape index (κ3) is 20.1. The van der Waals surface area contributed by atoms with Crippen LogP contribution < -0.4 is 0 Å². The number of carboxylic acids is 1. The van der Waals surface area contributed by atoms with Gasteiger partial charge in [0, 0.05) is 6.42 Å². The molecule has 1 rings (SSSR count). The van der Waals surface area contributed by atoms with Gasteiger partial charge in [-0.3, -0.25) is 4.79 Å². The van der Waals surface area contributed by atoms with Crippen LogP contribution in [0.25, 0.3) is 0 Å².